The number of nitrogens with one attached hydrogen (secondary N) is 1. The van der Waals surface area contributed by atoms with Gasteiger partial charge in [0, 0.05) is 12.0 Å². The minimum atomic E-state index is -1.30. The Kier molecular flexibility index (Phi) is 3.66. The summed E-state index contributed by atoms with van der Waals surface area (Å²) in [7, 11) is 3.02. The summed E-state index contributed by atoms with van der Waals surface area (Å²) in [6.07, 6.45) is 0.966. The second kappa shape index (κ2) is 5.33. The molecule has 2 atom stereocenters. The summed E-state index contributed by atoms with van der Waals surface area (Å²) in [6.45, 7) is 3.66. The fraction of sp³-hybridized carbons (Fsp3) is 0.500. The van der Waals surface area contributed by atoms with Crippen molar-refractivity contribution < 1.29 is 23.9 Å². The molecule has 1 aromatic carbocycles. The molecule has 6 nitrogen and oxygen atoms in total. The topological polar surface area (TPSA) is 81.7 Å². The fourth-order valence-corrected chi connectivity index (χ4v) is 4.22. The first kappa shape index (κ1) is 16.5. The van der Waals surface area contributed by atoms with Gasteiger partial charge in [0.2, 0.25) is 17.5 Å². The first-order valence-corrected chi connectivity index (χ1v) is 7.91. The number of amides is 1. The number of ether oxygens (including phenoxy) is 2. The number of hydrogen-bond donors (Lipinski definition) is 1. The summed E-state index contributed by atoms with van der Waals surface area (Å²) in [5.41, 5.74) is -1.57. The smallest absolute Gasteiger partial charge is 0.239 e. The van der Waals surface area contributed by atoms with Gasteiger partial charge in [-0.15, -0.1) is 0 Å². The molecule has 6 heteroatoms. The van der Waals surface area contributed by atoms with E-state index >= 15 is 0 Å². The average Bonchev–Trinajstić information content (AvgIpc) is 2.91. The van der Waals surface area contributed by atoms with Crippen LogP contribution in [-0.2, 0) is 14.4 Å². The van der Waals surface area contributed by atoms with Crippen LogP contribution in [-0.4, -0.2) is 31.7 Å². The first-order chi connectivity index (χ1) is 11.3. The molecule has 2 aliphatic carbocycles. The zero-order valence-electron chi connectivity index (χ0n) is 14.3. The van der Waals surface area contributed by atoms with E-state index in [9.17, 15) is 14.4 Å². The first-order valence-electron chi connectivity index (χ1n) is 7.91. The molecular weight excluding hydrogens is 310 g/mol. The highest BCUT2D eigenvalue weighted by molar-refractivity contribution is 6.48. The molecule has 2 bridgehead atoms. The molecule has 1 aromatic rings. The quantitative estimate of drug-likeness (QED) is 0.676. The minimum absolute atomic E-state index is 0.372. The van der Waals surface area contributed by atoms with Crippen molar-refractivity contribution in [1.82, 2.24) is 0 Å². The lowest BCUT2D eigenvalue weighted by Gasteiger charge is -2.34. The number of carbonyl (C=O) groups excluding carboxylic acids is 3. The predicted molar refractivity (Wildman–Crippen MR) is 87.1 cm³/mol. The van der Waals surface area contributed by atoms with Gasteiger partial charge >= 0.3 is 0 Å². The van der Waals surface area contributed by atoms with Crippen LogP contribution >= 0.6 is 0 Å². The van der Waals surface area contributed by atoms with Crippen molar-refractivity contribution >= 4 is 23.2 Å². The molecule has 0 aliphatic heterocycles. The van der Waals surface area contributed by atoms with Gasteiger partial charge in [0.1, 0.15) is 16.9 Å². The van der Waals surface area contributed by atoms with E-state index in [4.69, 9.17) is 9.47 Å². The van der Waals surface area contributed by atoms with Crippen molar-refractivity contribution in [2.24, 2.45) is 16.7 Å². The standard InChI is InChI=1S/C18H21NO5/c1-17(2)11-7-8-18(17,15(21)14(11)20)16(22)19-12-9-10(23-3)5-6-13(12)24-4/h5-6,9,11H,7-8H2,1-4H3,(H,19,22). The molecular formula is C18H21NO5. The molecule has 24 heavy (non-hydrogen) atoms. The Bertz CT molecular complexity index is 739. The van der Waals surface area contributed by atoms with Crippen molar-refractivity contribution in [3.05, 3.63) is 18.2 Å². The van der Waals surface area contributed by atoms with Gasteiger partial charge in [-0.05, 0) is 30.4 Å². The molecule has 128 valence electrons. The van der Waals surface area contributed by atoms with E-state index in [1.807, 2.05) is 13.8 Å². The van der Waals surface area contributed by atoms with E-state index in [1.54, 1.807) is 18.2 Å². The maximum Gasteiger partial charge on any atom is 0.239 e. The van der Waals surface area contributed by atoms with Crippen LogP contribution in [0.5, 0.6) is 11.5 Å². The molecule has 1 amide bonds. The summed E-state index contributed by atoms with van der Waals surface area (Å²) in [6, 6.07) is 5.02. The second-order valence-electron chi connectivity index (χ2n) is 6.93. The molecule has 2 aliphatic rings. The third-order valence-corrected chi connectivity index (χ3v) is 5.75. The summed E-state index contributed by atoms with van der Waals surface area (Å²) in [5.74, 6) is -0.784. The molecule has 2 fully saturated rings. The van der Waals surface area contributed by atoms with E-state index in [0.29, 0.717) is 30.0 Å². The highest BCUT2D eigenvalue weighted by atomic mass is 16.5. The van der Waals surface area contributed by atoms with Gasteiger partial charge in [0.25, 0.3) is 0 Å². The Morgan fingerprint density at radius 1 is 1.21 bits per heavy atom. The third-order valence-electron chi connectivity index (χ3n) is 5.75. The SMILES string of the molecule is COc1ccc(OC)c(NC(=O)C23CCC(C(=O)C2=O)C3(C)C)c1. The highest BCUT2D eigenvalue weighted by Crippen LogP contribution is 2.62. The van der Waals surface area contributed by atoms with Crippen LogP contribution in [0.4, 0.5) is 5.69 Å². The average molecular weight is 331 g/mol. The van der Waals surface area contributed by atoms with Crippen molar-refractivity contribution in [1.29, 1.82) is 0 Å². The van der Waals surface area contributed by atoms with Crippen molar-refractivity contribution in [2.75, 3.05) is 19.5 Å². The van der Waals surface area contributed by atoms with E-state index < -0.39 is 28.3 Å². The lowest BCUT2D eigenvalue weighted by molar-refractivity contribution is -0.147. The Labute approximate surface area is 140 Å². The van der Waals surface area contributed by atoms with Crippen LogP contribution < -0.4 is 14.8 Å². The Balaban J connectivity index is 1.99. The highest BCUT2D eigenvalue weighted by Gasteiger charge is 2.72. The van der Waals surface area contributed by atoms with Gasteiger partial charge < -0.3 is 14.8 Å². The van der Waals surface area contributed by atoms with E-state index in [2.05, 4.69) is 5.32 Å². The van der Waals surface area contributed by atoms with Gasteiger partial charge in [-0.2, -0.15) is 0 Å². The van der Waals surface area contributed by atoms with Gasteiger partial charge in [-0.25, -0.2) is 0 Å². The number of fused-ring (bicyclic) bond motifs is 2. The molecule has 0 radical (unpaired) electrons. The van der Waals surface area contributed by atoms with Gasteiger partial charge in [0.15, 0.2) is 0 Å². The summed E-state index contributed by atoms with van der Waals surface area (Å²) >= 11 is 0. The number of hydrogen-bond acceptors (Lipinski definition) is 5. The van der Waals surface area contributed by atoms with E-state index in [1.165, 1.54) is 14.2 Å². The predicted octanol–water partition coefficient (Wildman–Crippen LogP) is 2.22. The Morgan fingerprint density at radius 2 is 1.92 bits per heavy atom. The molecule has 3 rings (SSSR count). The largest absolute Gasteiger partial charge is 0.497 e. The number of ketones is 2. The van der Waals surface area contributed by atoms with Gasteiger partial charge in [-0.3, -0.25) is 14.4 Å². The molecule has 0 saturated heterocycles. The number of methoxy groups -OCH3 is 2. The lowest BCUT2D eigenvalue weighted by Crippen LogP contribution is -2.47. The van der Waals surface area contributed by atoms with Gasteiger partial charge in [-0.1, -0.05) is 13.8 Å². The van der Waals surface area contributed by atoms with Crippen molar-refractivity contribution in [2.45, 2.75) is 26.7 Å². The number of carbonyl (C=O) groups is 3. The lowest BCUT2D eigenvalue weighted by atomic mass is 9.68. The van der Waals surface area contributed by atoms with Crippen LogP contribution in [0.2, 0.25) is 0 Å². The summed E-state index contributed by atoms with van der Waals surface area (Å²) in [5, 5.41) is 2.79. The Morgan fingerprint density at radius 3 is 2.46 bits per heavy atom. The zero-order valence-corrected chi connectivity index (χ0v) is 14.3. The molecule has 1 N–H and O–H groups in total. The fourth-order valence-electron chi connectivity index (χ4n) is 4.22. The number of rotatable bonds is 4. The van der Waals surface area contributed by atoms with Crippen LogP contribution in [0.3, 0.4) is 0 Å². The van der Waals surface area contributed by atoms with E-state index in [0.717, 1.165) is 0 Å². The molecule has 0 aromatic heterocycles. The molecule has 2 saturated carbocycles. The van der Waals surface area contributed by atoms with Crippen molar-refractivity contribution in [3.63, 3.8) is 0 Å². The molecule has 0 spiro atoms. The normalized spacial score (nSPS) is 27.2. The number of anilines is 1. The van der Waals surface area contributed by atoms with Crippen LogP contribution in [0.15, 0.2) is 18.2 Å². The van der Waals surface area contributed by atoms with Crippen molar-refractivity contribution in [3.8, 4) is 11.5 Å². The minimum Gasteiger partial charge on any atom is -0.497 e. The monoisotopic (exact) mass is 331 g/mol. The third kappa shape index (κ3) is 1.92. The zero-order chi connectivity index (χ0) is 17.7. The maximum atomic E-state index is 13.1. The van der Waals surface area contributed by atoms with Crippen LogP contribution in [0.1, 0.15) is 26.7 Å². The number of Topliss-reactive ketones (excluding diaryl/α,β-unsaturated/α-hetero) is 2. The molecule has 2 unspecified atom stereocenters. The van der Waals surface area contributed by atoms with Crippen LogP contribution in [0, 0.1) is 16.7 Å². The summed E-state index contributed by atoms with van der Waals surface area (Å²) in [4.78, 5) is 37.8. The van der Waals surface area contributed by atoms with Gasteiger partial charge in [0.05, 0.1) is 19.9 Å². The maximum absolute atomic E-state index is 13.1. The molecule has 0 heterocycles. The summed E-state index contributed by atoms with van der Waals surface area (Å²) < 4.78 is 10.4. The second-order valence-corrected chi connectivity index (χ2v) is 6.93. The Hall–Kier alpha value is -2.37. The van der Waals surface area contributed by atoms with Crippen LogP contribution in [0.25, 0.3) is 0 Å². The van der Waals surface area contributed by atoms with E-state index in [-0.39, 0.29) is 5.92 Å². The number of benzene rings is 1.